The summed E-state index contributed by atoms with van der Waals surface area (Å²) in [6.45, 7) is 4.09. The van der Waals surface area contributed by atoms with Gasteiger partial charge in [0.2, 0.25) is 11.7 Å². The van der Waals surface area contributed by atoms with Gasteiger partial charge in [0.05, 0.1) is 0 Å². The summed E-state index contributed by atoms with van der Waals surface area (Å²) in [4.78, 5) is 4.15. The smallest absolute Gasteiger partial charge is 0.229 e. The van der Waals surface area contributed by atoms with Crippen molar-refractivity contribution in [2.45, 2.75) is 26.4 Å². The summed E-state index contributed by atoms with van der Waals surface area (Å²) < 4.78 is 23.2. The molecule has 90 valence electrons. The minimum Gasteiger partial charge on any atom is -0.485 e. The van der Waals surface area contributed by atoms with Crippen LogP contribution >= 0.6 is 0 Å². The third-order valence-electron chi connectivity index (χ3n) is 2.14. The molecule has 1 heterocycles. The van der Waals surface area contributed by atoms with Crippen LogP contribution in [0.2, 0.25) is 0 Å². The van der Waals surface area contributed by atoms with Crippen LogP contribution in [0.1, 0.15) is 31.5 Å². The fraction of sp³-hybridized carbons (Fsp3) is 0.333. The molecule has 1 aromatic heterocycles. The summed E-state index contributed by atoms with van der Waals surface area (Å²) in [7, 11) is 0. The lowest BCUT2D eigenvalue weighted by atomic mass is 10.2. The molecule has 0 radical (unpaired) electrons. The maximum atomic E-state index is 12.9. The van der Waals surface area contributed by atoms with Gasteiger partial charge >= 0.3 is 0 Å². The maximum absolute atomic E-state index is 12.9. The Labute approximate surface area is 98.4 Å². The first kappa shape index (κ1) is 11.6. The molecular formula is C12H13FN2O2. The number of hydrogen-bond acceptors (Lipinski definition) is 4. The van der Waals surface area contributed by atoms with Crippen LogP contribution in [0.15, 0.2) is 28.8 Å². The average Bonchev–Trinajstić information content (AvgIpc) is 2.75. The zero-order valence-electron chi connectivity index (χ0n) is 9.68. The Kier molecular flexibility index (Phi) is 3.37. The summed E-state index contributed by atoms with van der Waals surface area (Å²) in [5, 5.41) is 3.77. The number of rotatable bonds is 4. The van der Waals surface area contributed by atoms with Crippen molar-refractivity contribution in [2.75, 3.05) is 0 Å². The molecule has 2 rings (SSSR count). The van der Waals surface area contributed by atoms with Crippen molar-refractivity contribution in [3.8, 4) is 5.75 Å². The fourth-order valence-electron chi connectivity index (χ4n) is 1.27. The molecule has 0 spiro atoms. The van der Waals surface area contributed by atoms with Crippen LogP contribution in [0, 0.1) is 5.82 Å². The Morgan fingerprint density at radius 2 is 2.24 bits per heavy atom. The van der Waals surface area contributed by atoms with Crippen molar-refractivity contribution in [3.05, 3.63) is 41.8 Å². The van der Waals surface area contributed by atoms with Gasteiger partial charge in [0.25, 0.3) is 0 Å². The fourth-order valence-corrected chi connectivity index (χ4v) is 1.27. The van der Waals surface area contributed by atoms with Crippen molar-refractivity contribution in [1.82, 2.24) is 10.1 Å². The highest BCUT2D eigenvalue weighted by molar-refractivity contribution is 5.22. The Morgan fingerprint density at radius 1 is 1.41 bits per heavy atom. The third kappa shape index (κ3) is 3.03. The van der Waals surface area contributed by atoms with Crippen molar-refractivity contribution in [1.29, 1.82) is 0 Å². The molecule has 5 heteroatoms. The van der Waals surface area contributed by atoms with E-state index < -0.39 is 0 Å². The summed E-state index contributed by atoms with van der Waals surface area (Å²) in [6.07, 6.45) is 0. The van der Waals surface area contributed by atoms with Crippen molar-refractivity contribution < 1.29 is 13.7 Å². The van der Waals surface area contributed by atoms with E-state index in [1.165, 1.54) is 12.1 Å². The molecule has 0 aliphatic heterocycles. The minimum atomic E-state index is -0.335. The van der Waals surface area contributed by atoms with Crippen LogP contribution in [-0.2, 0) is 6.61 Å². The topological polar surface area (TPSA) is 48.2 Å². The van der Waals surface area contributed by atoms with Gasteiger partial charge in [0.1, 0.15) is 11.6 Å². The molecule has 0 N–H and O–H groups in total. The molecule has 0 saturated heterocycles. The Balaban J connectivity index is 1.97. The van der Waals surface area contributed by atoms with Crippen molar-refractivity contribution in [2.24, 2.45) is 0 Å². The average molecular weight is 236 g/mol. The Morgan fingerprint density at radius 3 is 2.88 bits per heavy atom. The Bertz CT molecular complexity index is 497. The van der Waals surface area contributed by atoms with E-state index in [-0.39, 0.29) is 18.3 Å². The van der Waals surface area contributed by atoms with E-state index in [0.717, 1.165) is 0 Å². The Hall–Kier alpha value is -1.91. The van der Waals surface area contributed by atoms with Gasteiger partial charge in [0, 0.05) is 12.0 Å². The predicted octanol–water partition coefficient (Wildman–Crippen LogP) is 2.91. The van der Waals surface area contributed by atoms with E-state index in [1.807, 2.05) is 13.8 Å². The maximum Gasteiger partial charge on any atom is 0.229 e. The molecule has 1 aromatic carbocycles. The van der Waals surface area contributed by atoms with Crippen LogP contribution < -0.4 is 4.74 Å². The van der Waals surface area contributed by atoms with Crippen LogP contribution in [-0.4, -0.2) is 10.1 Å². The third-order valence-corrected chi connectivity index (χ3v) is 2.14. The lowest BCUT2D eigenvalue weighted by molar-refractivity contribution is 0.283. The van der Waals surface area contributed by atoms with Crippen LogP contribution in [0.25, 0.3) is 0 Å². The number of nitrogens with zero attached hydrogens (tertiary/aromatic N) is 2. The molecule has 0 amide bonds. The molecule has 2 aromatic rings. The molecule has 0 saturated carbocycles. The monoisotopic (exact) mass is 236 g/mol. The number of halogens is 1. The second-order valence-electron chi connectivity index (χ2n) is 3.95. The lowest BCUT2D eigenvalue weighted by Crippen LogP contribution is -1.98. The summed E-state index contributed by atoms with van der Waals surface area (Å²) in [5.74, 6) is 1.32. The second kappa shape index (κ2) is 4.95. The standard InChI is InChI=1S/C12H13FN2O2/c1-8(2)12-14-11(15-17-12)7-16-10-5-3-4-9(13)6-10/h3-6,8H,7H2,1-2H3. The van der Waals surface area contributed by atoms with E-state index in [0.29, 0.717) is 17.5 Å². The van der Waals surface area contributed by atoms with Crippen LogP contribution in [0.3, 0.4) is 0 Å². The normalized spacial score (nSPS) is 10.8. The van der Waals surface area contributed by atoms with Crippen LogP contribution in [0.4, 0.5) is 4.39 Å². The van der Waals surface area contributed by atoms with Gasteiger partial charge in [-0.2, -0.15) is 4.98 Å². The highest BCUT2D eigenvalue weighted by Gasteiger charge is 2.10. The summed E-state index contributed by atoms with van der Waals surface area (Å²) >= 11 is 0. The zero-order chi connectivity index (χ0) is 12.3. The van der Waals surface area contributed by atoms with E-state index in [4.69, 9.17) is 9.26 Å². The van der Waals surface area contributed by atoms with E-state index >= 15 is 0 Å². The predicted molar refractivity (Wildman–Crippen MR) is 59.1 cm³/mol. The number of aromatic nitrogens is 2. The van der Waals surface area contributed by atoms with E-state index in [2.05, 4.69) is 10.1 Å². The first-order valence-electron chi connectivity index (χ1n) is 5.36. The molecule has 0 aliphatic carbocycles. The number of ether oxygens (including phenoxy) is 1. The quantitative estimate of drug-likeness (QED) is 0.818. The van der Waals surface area contributed by atoms with Gasteiger partial charge in [-0.15, -0.1) is 0 Å². The molecule has 0 unspecified atom stereocenters. The first-order valence-corrected chi connectivity index (χ1v) is 5.36. The summed E-state index contributed by atoms with van der Waals surface area (Å²) in [5.41, 5.74) is 0. The van der Waals surface area contributed by atoms with Gasteiger partial charge < -0.3 is 9.26 Å². The van der Waals surface area contributed by atoms with Crippen molar-refractivity contribution in [3.63, 3.8) is 0 Å². The molecule has 0 fully saturated rings. The zero-order valence-corrected chi connectivity index (χ0v) is 9.68. The van der Waals surface area contributed by atoms with Gasteiger partial charge in [-0.25, -0.2) is 4.39 Å². The lowest BCUT2D eigenvalue weighted by Gasteiger charge is -2.02. The molecule has 0 bridgehead atoms. The number of hydrogen-bond donors (Lipinski definition) is 0. The SMILES string of the molecule is CC(C)c1nc(COc2cccc(F)c2)no1. The molecule has 17 heavy (non-hydrogen) atoms. The van der Waals surface area contributed by atoms with E-state index in [9.17, 15) is 4.39 Å². The van der Waals surface area contributed by atoms with E-state index in [1.54, 1.807) is 12.1 Å². The minimum absolute atomic E-state index is 0.166. The second-order valence-corrected chi connectivity index (χ2v) is 3.95. The molecule has 0 aliphatic rings. The van der Waals surface area contributed by atoms with Crippen molar-refractivity contribution >= 4 is 0 Å². The number of benzene rings is 1. The highest BCUT2D eigenvalue weighted by atomic mass is 19.1. The largest absolute Gasteiger partial charge is 0.485 e. The van der Waals surface area contributed by atoms with Gasteiger partial charge in [-0.3, -0.25) is 0 Å². The van der Waals surface area contributed by atoms with Crippen LogP contribution in [0.5, 0.6) is 5.75 Å². The van der Waals surface area contributed by atoms with Gasteiger partial charge in [0.15, 0.2) is 6.61 Å². The van der Waals surface area contributed by atoms with Gasteiger partial charge in [-0.1, -0.05) is 25.1 Å². The first-order chi connectivity index (χ1) is 8.15. The van der Waals surface area contributed by atoms with Gasteiger partial charge in [-0.05, 0) is 12.1 Å². The molecular weight excluding hydrogens is 223 g/mol. The molecule has 0 atom stereocenters. The highest BCUT2D eigenvalue weighted by Crippen LogP contribution is 2.15. The molecule has 4 nitrogen and oxygen atoms in total. The summed E-state index contributed by atoms with van der Waals surface area (Å²) in [6, 6.07) is 5.93.